The number of ketones is 1. The number of carbonyl (C=O) groups excluding carboxylic acids is 2. The molecule has 0 bridgehead atoms. The smallest absolute Gasteiger partial charge is 0.407 e. The predicted octanol–water partition coefficient (Wildman–Crippen LogP) is 4.81. The number of hydrogen-bond donors (Lipinski definition) is 2. The summed E-state index contributed by atoms with van der Waals surface area (Å²) in [6.07, 6.45) is 0.811. The molecule has 0 aliphatic heterocycles. The summed E-state index contributed by atoms with van der Waals surface area (Å²) in [6, 6.07) is 23.1. The topological polar surface area (TPSA) is 75.6 Å². The van der Waals surface area contributed by atoms with Gasteiger partial charge in [0, 0.05) is 11.5 Å². The Morgan fingerprint density at radius 1 is 1.00 bits per heavy atom. The van der Waals surface area contributed by atoms with Crippen LogP contribution in [0.25, 0.3) is 0 Å². The summed E-state index contributed by atoms with van der Waals surface area (Å²) in [4.78, 5) is 25.8. The maximum Gasteiger partial charge on any atom is 0.407 e. The molecular formula is C25H23NO4. The van der Waals surface area contributed by atoms with Gasteiger partial charge in [0.1, 0.15) is 12.4 Å². The molecule has 2 N–H and O–H groups in total. The van der Waals surface area contributed by atoms with Crippen LogP contribution in [-0.2, 0) is 17.8 Å². The second-order valence-electron chi connectivity index (χ2n) is 7.44. The molecule has 0 saturated carbocycles. The van der Waals surface area contributed by atoms with Gasteiger partial charge < -0.3 is 15.2 Å². The van der Waals surface area contributed by atoms with Gasteiger partial charge in [-0.05, 0) is 41.7 Å². The minimum absolute atomic E-state index is 0.0123. The lowest BCUT2D eigenvalue weighted by atomic mass is 9.77. The molecule has 3 aromatic carbocycles. The number of Topliss-reactive ketones (excluding diaryl/α,β-unsaturated/α-hetero) is 1. The molecule has 3 aromatic rings. The number of aryl methyl sites for hydroxylation is 1. The van der Waals surface area contributed by atoms with Crippen LogP contribution in [0.1, 0.15) is 39.5 Å². The van der Waals surface area contributed by atoms with Crippen molar-refractivity contribution in [1.82, 2.24) is 5.32 Å². The number of carbonyl (C=O) groups is 2. The highest BCUT2D eigenvalue weighted by Crippen LogP contribution is 2.35. The molecule has 1 aliphatic rings. The van der Waals surface area contributed by atoms with E-state index in [9.17, 15) is 14.7 Å². The van der Waals surface area contributed by atoms with Crippen LogP contribution >= 0.6 is 0 Å². The third-order valence-electron chi connectivity index (χ3n) is 5.48. The van der Waals surface area contributed by atoms with Crippen molar-refractivity contribution in [2.75, 3.05) is 0 Å². The van der Waals surface area contributed by atoms with Crippen LogP contribution in [-0.4, -0.2) is 17.0 Å². The summed E-state index contributed by atoms with van der Waals surface area (Å²) in [6.45, 7) is 0.149. The Balaban J connectivity index is 1.55. The first-order chi connectivity index (χ1) is 14.6. The van der Waals surface area contributed by atoms with Crippen molar-refractivity contribution in [3.63, 3.8) is 0 Å². The number of hydrogen-bond acceptors (Lipinski definition) is 4. The Bertz CT molecular complexity index is 1030. The molecule has 2 atom stereocenters. The normalized spacial score (nSPS) is 16.4. The number of benzene rings is 3. The fraction of sp³-hybridized carbons (Fsp3) is 0.200. The van der Waals surface area contributed by atoms with E-state index >= 15 is 0 Å². The zero-order chi connectivity index (χ0) is 20.9. The molecule has 5 nitrogen and oxygen atoms in total. The third kappa shape index (κ3) is 4.35. The van der Waals surface area contributed by atoms with Gasteiger partial charge in [-0.1, -0.05) is 66.7 Å². The summed E-state index contributed by atoms with van der Waals surface area (Å²) in [7, 11) is 0. The third-order valence-corrected chi connectivity index (χ3v) is 5.48. The Morgan fingerprint density at radius 2 is 1.70 bits per heavy atom. The van der Waals surface area contributed by atoms with Crippen LogP contribution in [0.3, 0.4) is 0 Å². The molecule has 0 saturated heterocycles. The highest BCUT2D eigenvalue weighted by molar-refractivity contribution is 6.00. The fourth-order valence-electron chi connectivity index (χ4n) is 3.93. The molecule has 1 aliphatic carbocycles. The number of alkyl carbamates (subject to hydrolysis) is 1. The molecule has 30 heavy (non-hydrogen) atoms. The molecule has 0 spiro atoms. The zero-order valence-corrected chi connectivity index (χ0v) is 16.5. The first-order valence-corrected chi connectivity index (χ1v) is 10.00. The van der Waals surface area contributed by atoms with E-state index in [1.807, 2.05) is 54.6 Å². The number of ether oxygens (including phenoxy) is 1. The second kappa shape index (κ2) is 8.82. The number of phenols is 1. The van der Waals surface area contributed by atoms with Gasteiger partial charge in [-0.3, -0.25) is 4.79 Å². The van der Waals surface area contributed by atoms with Crippen LogP contribution in [0.15, 0.2) is 78.9 Å². The largest absolute Gasteiger partial charge is 0.508 e. The lowest BCUT2D eigenvalue weighted by Gasteiger charge is -2.31. The summed E-state index contributed by atoms with van der Waals surface area (Å²) in [5, 5.41) is 12.5. The molecule has 152 valence electrons. The highest BCUT2D eigenvalue weighted by Gasteiger charge is 2.35. The SMILES string of the molecule is O=C(NC(c1ccc(O)cc1)C1CCc2ccccc2C1=O)OCc1ccccc1. The average Bonchev–Trinajstić information content (AvgIpc) is 2.78. The van der Waals surface area contributed by atoms with Gasteiger partial charge >= 0.3 is 6.09 Å². The van der Waals surface area contributed by atoms with Gasteiger partial charge in [-0.25, -0.2) is 4.79 Å². The lowest BCUT2D eigenvalue weighted by Crippen LogP contribution is -2.39. The number of fused-ring (bicyclic) bond motifs is 1. The minimum atomic E-state index is -0.580. The van der Waals surface area contributed by atoms with Crippen molar-refractivity contribution in [2.24, 2.45) is 5.92 Å². The van der Waals surface area contributed by atoms with Crippen LogP contribution in [0.2, 0.25) is 0 Å². The Morgan fingerprint density at radius 3 is 2.47 bits per heavy atom. The Hall–Kier alpha value is -3.60. The van der Waals surface area contributed by atoms with E-state index in [0.717, 1.165) is 23.1 Å². The summed E-state index contributed by atoms with van der Waals surface area (Å²) >= 11 is 0. The van der Waals surface area contributed by atoms with Gasteiger partial charge in [0.2, 0.25) is 0 Å². The van der Waals surface area contributed by atoms with Gasteiger partial charge in [-0.2, -0.15) is 0 Å². The van der Waals surface area contributed by atoms with Gasteiger partial charge in [-0.15, -0.1) is 0 Å². The van der Waals surface area contributed by atoms with E-state index in [0.29, 0.717) is 12.0 Å². The number of phenolic OH excluding ortho intramolecular Hbond substituents is 1. The molecule has 0 heterocycles. The van der Waals surface area contributed by atoms with Crippen LogP contribution in [0.4, 0.5) is 4.79 Å². The van der Waals surface area contributed by atoms with Crippen molar-refractivity contribution >= 4 is 11.9 Å². The molecule has 0 fully saturated rings. The number of nitrogens with one attached hydrogen (secondary N) is 1. The van der Waals surface area contributed by atoms with E-state index in [-0.39, 0.29) is 18.1 Å². The Labute approximate surface area is 175 Å². The standard InChI is InChI=1S/C25H23NO4/c27-20-13-10-19(11-14-20)23(26-25(29)30-16-17-6-2-1-3-7-17)22-15-12-18-8-4-5-9-21(18)24(22)28/h1-11,13-14,22-23,27H,12,15-16H2,(H,26,29). The number of aromatic hydroxyl groups is 1. The summed E-state index contributed by atoms with van der Waals surface area (Å²) in [5.41, 5.74) is 3.38. The molecule has 4 rings (SSSR count). The maximum absolute atomic E-state index is 13.2. The van der Waals surface area contributed by atoms with E-state index in [1.54, 1.807) is 24.3 Å². The molecule has 5 heteroatoms. The lowest BCUT2D eigenvalue weighted by molar-refractivity contribution is 0.0855. The van der Waals surface area contributed by atoms with Crippen LogP contribution in [0, 0.1) is 5.92 Å². The molecule has 1 amide bonds. The summed E-state index contributed by atoms with van der Waals surface area (Å²) in [5.74, 6) is -0.267. The predicted molar refractivity (Wildman–Crippen MR) is 113 cm³/mol. The van der Waals surface area contributed by atoms with Gasteiger partial charge in [0.25, 0.3) is 0 Å². The second-order valence-corrected chi connectivity index (χ2v) is 7.44. The monoisotopic (exact) mass is 401 g/mol. The van der Waals surface area contributed by atoms with Crippen molar-refractivity contribution in [3.8, 4) is 5.75 Å². The van der Waals surface area contributed by atoms with E-state index in [4.69, 9.17) is 4.74 Å². The number of amides is 1. The fourth-order valence-corrected chi connectivity index (χ4v) is 3.93. The van der Waals surface area contributed by atoms with Crippen molar-refractivity contribution in [2.45, 2.75) is 25.5 Å². The number of rotatable bonds is 5. The van der Waals surface area contributed by atoms with Gasteiger partial charge in [0.05, 0.1) is 6.04 Å². The molecule has 0 aromatic heterocycles. The highest BCUT2D eigenvalue weighted by atomic mass is 16.5. The van der Waals surface area contributed by atoms with E-state index < -0.39 is 18.1 Å². The van der Waals surface area contributed by atoms with Gasteiger partial charge in [0.15, 0.2) is 5.78 Å². The molecule has 2 unspecified atom stereocenters. The quantitative estimate of drug-likeness (QED) is 0.644. The first-order valence-electron chi connectivity index (χ1n) is 10.00. The van der Waals surface area contributed by atoms with Crippen LogP contribution < -0.4 is 5.32 Å². The van der Waals surface area contributed by atoms with Crippen molar-refractivity contribution < 1.29 is 19.4 Å². The summed E-state index contributed by atoms with van der Waals surface area (Å²) < 4.78 is 5.39. The van der Waals surface area contributed by atoms with Crippen molar-refractivity contribution in [3.05, 3.63) is 101 Å². The van der Waals surface area contributed by atoms with Crippen molar-refractivity contribution in [1.29, 1.82) is 0 Å². The zero-order valence-electron chi connectivity index (χ0n) is 16.5. The van der Waals surface area contributed by atoms with E-state index in [2.05, 4.69) is 5.32 Å². The van der Waals surface area contributed by atoms with Crippen LogP contribution in [0.5, 0.6) is 5.75 Å². The molecular weight excluding hydrogens is 378 g/mol. The minimum Gasteiger partial charge on any atom is -0.508 e. The Kier molecular flexibility index (Phi) is 5.80. The first kappa shape index (κ1) is 19.7. The molecule has 0 radical (unpaired) electrons. The maximum atomic E-state index is 13.2. The van der Waals surface area contributed by atoms with E-state index in [1.165, 1.54) is 0 Å². The average molecular weight is 401 g/mol.